The van der Waals surface area contributed by atoms with E-state index < -0.39 is 0 Å². The van der Waals surface area contributed by atoms with Crippen LogP contribution < -0.4 is 0 Å². The number of hydrogen-bond donors (Lipinski definition) is 0. The molecule has 58 valence electrons. The molecule has 10 heavy (non-hydrogen) atoms. The summed E-state index contributed by atoms with van der Waals surface area (Å²) in [7, 11) is 2.03. The first-order valence-electron chi connectivity index (χ1n) is 3.76. The monoisotopic (exact) mass is 140 g/mol. The highest BCUT2D eigenvalue weighted by Gasteiger charge is 2.36. The van der Waals surface area contributed by atoms with Gasteiger partial charge in [0.15, 0.2) is 0 Å². The third kappa shape index (κ3) is 2.00. The van der Waals surface area contributed by atoms with Gasteiger partial charge in [-0.1, -0.05) is 13.8 Å². The van der Waals surface area contributed by atoms with Crippen LogP contribution in [-0.2, 0) is 0 Å². The molecule has 1 saturated heterocycles. The van der Waals surface area contributed by atoms with Crippen molar-refractivity contribution in [1.82, 2.24) is 4.90 Å². The molecule has 1 heterocycles. The second-order valence-corrected chi connectivity index (χ2v) is 2.84. The van der Waals surface area contributed by atoms with Gasteiger partial charge in [-0.3, -0.25) is 0 Å². The predicted octanol–water partition coefficient (Wildman–Crippen LogP) is 1.49. The van der Waals surface area contributed by atoms with Gasteiger partial charge in [0.25, 0.3) is 0 Å². The van der Waals surface area contributed by atoms with Gasteiger partial charge in [-0.2, -0.15) is 5.26 Å². The lowest BCUT2D eigenvalue weighted by atomic mass is 9.84. The average molecular weight is 140 g/mol. The fourth-order valence-electron chi connectivity index (χ4n) is 1.22. The Morgan fingerprint density at radius 2 is 1.80 bits per heavy atom. The van der Waals surface area contributed by atoms with E-state index >= 15 is 0 Å². The van der Waals surface area contributed by atoms with Crippen molar-refractivity contribution in [2.45, 2.75) is 20.8 Å². The van der Waals surface area contributed by atoms with Crippen molar-refractivity contribution in [3.8, 4) is 6.07 Å². The smallest absolute Gasteiger partial charge is 0.0798 e. The highest BCUT2D eigenvalue weighted by atomic mass is 15.2. The molecule has 0 atom stereocenters. The maximum absolute atomic E-state index is 8.49. The molecule has 0 bridgehead atoms. The van der Waals surface area contributed by atoms with Gasteiger partial charge < -0.3 is 4.90 Å². The van der Waals surface area contributed by atoms with E-state index in [4.69, 9.17) is 5.26 Å². The Bertz CT molecular complexity index is 129. The van der Waals surface area contributed by atoms with Crippen LogP contribution in [0, 0.1) is 16.7 Å². The molecular formula is C8H16N2. The van der Waals surface area contributed by atoms with Gasteiger partial charge in [0.2, 0.25) is 0 Å². The van der Waals surface area contributed by atoms with Crippen LogP contribution in [0.25, 0.3) is 0 Å². The van der Waals surface area contributed by atoms with E-state index in [9.17, 15) is 0 Å². The zero-order chi connectivity index (χ0) is 8.20. The zero-order valence-electron chi connectivity index (χ0n) is 7.31. The summed E-state index contributed by atoms with van der Waals surface area (Å²) in [5.74, 6) is 0. The Hall–Kier alpha value is -0.550. The molecule has 0 amide bonds. The van der Waals surface area contributed by atoms with E-state index in [0.717, 1.165) is 13.1 Å². The summed E-state index contributed by atoms with van der Waals surface area (Å²) in [5, 5.41) is 8.49. The second kappa shape index (κ2) is 3.58. The van der Waals surface area contributed by atoms with Crippen molar-refractivity contribution in [2.24, 2.45) is 5.41 Å². The minimum Gasteiger partial charge on any atom is -0.303 e. The van der Waals surface area contributed by atoms with Gasteiger partial charge in [-0.05, 0) is 14.0 Å². The number of likely N-dealkylation sites (tertiary alicyclic amines) is 1. The van der Waals surface area contributed by atoms with E-state index in [2.05, 4.69) is 11.0 Å². The number of nitrogens with zero attached hydrogens (tertiary/aromatic N) is 2. The number of rotatable bonds is 0. The lowest BCUT2D eigenvalue weighted by Gasteiger charge is -2.40. The maximum Gasteiger partial charge on any atom is 0.0798 e. The van der Waals surface area contributed by atoms with Crippen LogP contribution in [0.15, 0.2) is 0 Å². The van der Waals surface area contributed by atoms with Crippen molar-refractivity contribution < 1.29 is 0 Å². The summed E-state index contributed by atoms with van der Waals surface area (Å²) in [6.07, 6.45) is 0. The van der Waals surface area contributed by atoms with Gasteiger partial charge in [0, 0.05) is 13.1 Å². The fourth-order valence-corrected chi connectivity index (χ4v) is 1.22. The van der Waals surface area contributed by atoms with Crippen LogP contribution in [0.4, 0.5) is 0 Å². The van der Waals surface area contributed by atoms with E-state index in [1.54, 1.807) is 0 Å². The first-order valence-corrected chi connectivity index (χ1v) is 3.76. The molecule has 1 fully saturated rings. The summed E-state index contributed by atoms with van der Waals surface area (Å²) in [5.41, 5.74) is -0.0330. The van der Waals surface area contributed by atoms with Crippen LogP contribution in [-0.4, -0.2) is 25.0 Å². The third-order valence-electron chi connectivity index (χ3n) is 1.51. The lowest BCUT2D eigenvalue weighted by Crippen LogP contribution is -2.51. The fraction of sp³-hybridized carbons (Fsp3) is 0.875. The van der Waals surface area contributed by atoms with E-state index in [-0.39, 0.29) is 5.41 Å². The standard InChI is InChI=1S/C6H10N2.C2H6/c1-6(3-7)4-8(2)5-6;1-2/h4-5H2,1-2H3;1-2H3. The Morgan fingerprint density at radius 1 is 1.40 bits per heavy atom. The molecule has 2 heteroatoms. The number of hydrogen-bond acceptors (Lipinski definition) is 2. The molecule has 0 aromatic heterocycles. The topological polar surface area (TPSA) is 27.0 Å². The molecule has 1 rings (SSSR count). The highest BCUT2D eigenvalue weighted by molar-refractivity contribution is 5.05. The van der Waals surface area contributed by atoms with Crippen molar-refractivity contribution in [3.05, 3.63) is 0 Å². The molecule has 1 aliphatic rings. The Morgan fingerprint density at radius 3 is 1.90 bits per heavy atom. The molecule has 2 nitrogen and oxygen atoms in total. The van der Waals surface area contributed by atoms with E-state index in [0.29, 0.717) is 0 Å². The normalized spacial score (nSPS) is 21.5. The van der Waals surface area contributed by atoms with Crippen molar-refractivity contribution in [2.75, 3.05) is 20.1 Å². The molecule has 1 aliphatic heterocycles. The average Bonchev–Trinajstić information content (AvgIpc) is 1.90. The quantitative estimate of drug-likeness (QED) is 0.509. The SMILES string of the molecule is CC.CN1CC(C)(C#N)C1. The first kappa shape index (κ1) is 9.45. The molecule has 0 radical (unpaired) electrons. The van der Waals surface area contributed by atoms with Crippen molar-refractivity contribution in [1.29, 1.82) is 5.26 Å². The first-order chi connectivity index (χ1) is 4.66. The largest absolute Gasteiger partial charge is 0.303 e. The Balaban J connectivity index is 0.000000371. The van der Waals surface area contributed by atoms with Crippen LogP contribution >= 0.6 is 0 Å². The maximum atomic E-state index is 8.49. The molecule has 0 aromatic rings. The van der Waals surface area contributed by atoms with Gasteiger partial charge in [-0.25, -0.2) is 0 Å². The predicted molar refractivity (Wildman–Crippen MR) is 42.6 cm³/mol. The summed E-state index contributed by atoms with van der Waals surface area (Å²) in [6.45, 7) is 7.86. The summed E-state index contributed by atoms with van der Waals surface area (Å²) >= 11 is 0. The van der Waals surface area contributed by atoms with Crippen LogP contribution in [0.2, 0.25) is 0 Å². The van der Waals surface area contributed by atoms with E-state index in [1.807, 2.05) is 27.8 Å². The minimum absolute atomic E-state index is 0.0330. The van der Waals surface area contributed by atoms with Gasteiger partial charge >= 0.3 is 0 Å². The molecule has 0 aromatic carbocycles. The van der Waals surface area contributed by atoms with Gasteiger partial charge in [-0.15, -0.1) is 0 Å². The van der Waals surface area contributed by atoms with Gasteiger partial charge in [0.1, 0.15) is 0 Å². The summed E-state index contributed by atoms with van der Waals surface area (Å²) < 4.78 is 0. The van der Waals surface area contributed by atoms with Crippen LogP contribution in [0.1, 0.15) is 20.8 Å². The highest BCUT2D eigenvalue weighted by Crippen LogP contribution is 2.26. The van der Waals surface area contributed by atoms with E-state index in [1.165, 1.54) is 0 Å². The Kier molecular flexibility index (Phi) is 3.38. The summed E-state index contributed by atoms with van der Waals surface area (Å²) in [6, 6.07) is 2.27. The van der Waals surface area contributed by atoms with Crippen LogP contribution in [0.5, 0.6) is 0 Å². The third-order valence-corrected chi connectivity index (χ3v) is 1.51. The summed E-state index contributed by atoms with van der Waals surface area (Å²) in [4.78, 5) is 2.14. The van der Waals surface area contributed by atoms with Gasteiger partial charge in [0.05, 0.1) is 11.5 Å². The molecule has 0 unspecified atom stereocenters. The lowest BCUT2D eigenvalue weighted by molar-refractivity contribution is 0.0897. The number of nitriles is 1. The zero-order valence-corrected chi connectivity index (χ0v) is 7.31. The second-order valence-electron chi connectivity index (χ2n) is 2.84. The van der Waals surface area contributed by atoms with Crippen molar-refractivity contribution >= 4 is 0 Å². The molecule has 0 aliphatic carbocycles. The molecular weight excluding hydrogens is 124 g/mol. The van der Waals surface area contributed by atoms with Crippen molar-refractivity contribution in [3.63, 3.8) is 0 Å². The molecule has 0 saturated carbocycles. The Labute approximate surface area is 63.4 Å². The van der Waals surface area contributed by atoms with Crippen LogP contribution in [0.3, 0.4) is 0 Å². The molecule has 0 spiro atoms. The molecule has 0 N–H and O–H groups in total. The minimum atomic E-state index is -0.0330.